The van der Waals surface area contributed by atoms with Gasteiger partial charge in [0.1, 0.15) is 5.75 Å². The first-order valence-electron chi connectivity index (χ1n) is 13.2. The van der Waals surface area contributed by atoms with Gasteiger partial charge in [0, 0.05) is 51.3 Å². The summed E-state index contributed by atoms with van der Waals surface area (Å²) < 4.78 is 11.7. The van der Waals surface area contributed by atoms with E-state index in [1.807, 2.05) is 28.0 Å². The molecule has 5 rings (SSSR count). The Morgan fingerprint density at radius 2 is 1.89 bits per heavy atom. The van der Waals surface area contributed by atoms with Crippen molar-refractivity contribution in [2.45, 2.75) is 38.8 Å². The maximum absolute atomic E-state index is 13.5. The minimum atomic E-state index is 0.186. The molecule has 1 aromatic heterocycles. The zero-order valence-corrected chi connectivity index (χ0v) is 21.8. The summed E-state index contributed by atoms with van der Waals surface area (Å²) in [5.74, 6) is 1.95. The van der Waals surface area contributed by atoms with Crippen molar-refractivity contribution in [2.75, 3.05) is 52.5 Å². The first-order valence-corrected chi connectivity index (χ1v) is 14.2. The molecule has 0 N–H and O–H groups in total. The van der Waals surface area contributed by atoms with E-state index in [1.54, 1.807) is 11.3 Å². The van der Waals surface area contributed by atoms with Crippen molar-refractivity contribution in [3.63, 3.8) is 0 Å². The largest absolute Gasteiger partial charge is 0.493 e. The highest BCUT2D eigenvalue weighted by Crippen LogP contribution is 2.32. The molecule has 3 aliphatic heterocycles. The average Bonchev–Trinajstić information content (AvgIpc) is 3.41. The van der Waals surface area contributed by atoms with Crippen LogP contribution in [-0.4, -0.2) is 79.1 Å². The molecule has 0 unspecified atom stereocenters. The van der Waals surface area contributed by atoms with Crippen molar-refractivity contribution < 1.29 is 19.1 Å². The fourth-order valence-corrected chi connectivity index (χ4v) is 6.37. The lowest BCUT2D eigenvalue weighted by Gasteiger charge is -2.40. The molecule has 7 nitrogen and oxygen atoms in total. The Hall–Kier alpha value is -2.42. The van der Waals surface area contributed by atoms with Crippen LogP contribution in [0.3, 0.4) is 0 Å². The highest BCUT2D eigenvalue weighted by Gasteiger charge is 2.34. The van der Waals surface area contributed by atoms with Crippen molar-refractivity contribution in [3.05, 3.63) is 52.2 Å². The van der Waals surface area contributed by atoms with Gasteiger partial charge >= 0.3 is 0 Å². The minimum Gasteiger partial charge on any atom is -0.493 e. The van der Waals surface area contributed by atoms with Gasteiger partial charge in [0.2, 0.25) is 11.8 Å². The third kappa shape index (κ3) is 6.47. The second kappa shape index (κ2) is 12.2. The molecular formula is C28H37N3O4S. The molecule has 0 radical (unpaired) electrons. The van der Waals surface area contributed by atoms with Crippen molar-refractivity contribution in [2.24, 2.45) is 11.8 Å². The Labute approximate surface area is 218 Å². The molecule has 2 fully saturated rings. The third-order valence-electron chi connectivity index (χ3n) is 7.73. The van der Waals surface area contributed by atoms with Gasteiger partial charge in [0.25, 0.3) is 0 Å². The summed E-state index contributed by atoms with van der Waals surface area (Å²) in [5, 5.41) is 4.24. The van der Waals surface area contributed by atoms with Crippen LogP contribution in [0, 0.1) is 11.8 Å². The number of benzene rings is 1. The SMILES string of the molecule is O=C(C[C@@H]1CCN2C[C@@H]1CCCOc1ccccc1CN(Cc1ccsc1)CC2=O)N1CCOCC1. The molecule has 2 amide bonds. The van der Waals surface area contributed by atoms with Gasteiger partial charge in [-0.3, -0.25) is 14.5 Å². The van der Waals surface area contributed by atoms with Gasteiger partial charge in [-0.1, -0.05) is 18.2 Å². The lowest BCUT2D eigenvalue weighted by Crippen LogP contribution is -2.49. The summed E-state index contributed by atoms with van der Waals surface area (Å²) in [4.78, 5) is 32.7. The van der Waals surface area contributed by atoms with Gasteiger partial charge in [-0.15, -0.1) is 0 Å². The van der Waals surface area contributed by atoms with Crippen LogP contribution in [0.25, 0.3) is 0 Å². The van der Waals surface area contributed by atoms with E-state index in [9.17, 15) is 9.59 Å². The van der Waals surface area contributed by atoms with Crippen LogP contribution >= 0.6 is 11.3 Å². The van der Waals surface area contributed by atoms with Crippen LogP contribution in [0.2, 0.25) is 0 Å². The Kier molecular flexibility index (Phi) is 8.56. The lowest BCUT2D eigenvalue weighted by molar-refractivity contribution is -0.139. The first-order chi connectivity index (χ1) is 17.7. The number of thiophene rings is 1. The van der Waals surface area contributed by atoms with Crippen LogP contribution in [-0.2, 0) is 27.4 Å². The second-order valence-electron chi connectivity index (χ2n) is 10.2. The number of morpholine rings is 1. The van der Waals surface area contributed by atoms with Crippen molar-refractivity contribution in [1.82, 2.24) is 14.7 Å². The first kappa shape index (κ1) is 25.2. The summed E-state index contributed by atoms with van der Waals surface area (Å²) in [6.45, 7) is 6.54. The van der Waals surface area contributed by atoms with Crippen molar-refractivity contribution in [3.8, 4) is 5.75 Å². The normalized spacial score (nSPS) is 24.2. The van der Waals surface area contributed by atoms with E-state index in [0.29, 0.717) is 64.3 Å². The summed E-state index contributed by atoms with van der Waals surface area (Å²) in [7, 11) is 0. The molecule has 2 atom stereocenters. The van der Waals surface area contributed by atoms with Gasteiger partial charge in [-0.2, -0.15) is 11.3 Å². The van der Waals surface area contributed by atoms with E-state index in [1.165, 1.54) is 5.56 Å². The molecule has 0 aliphatic carbocycles. The fraction of sp³-hybridized carbons (Fsp3) is 0.571. The number of hydrogen-bond acceptors (Lipinski definition) is 6. The molecule has 36 heavy (non-hydrogen) atoms. The number of nitrogens with zero attached hydrogens (tertiary/aromatic N) is 3. The van der Waals surface area contributed by atoms with Crippen LogP contribution in [0.4, 0.5) is 0 Å². The predicted molar refractivity (Wildman–Crippen MR) is 140 cm³/mol. The Balaban J connectivity index is 1.31. The van der Waals surface area contributed by atoms with E-state index in [-0.39, 0.29) is 11.8 Å². The van der Waals surface area contributed by atoms with Gasteiger partial charge in [-0.25, -0.2) is 0 Å². The summed E-state index contributed by atoms with van der Waals surface area (Å²) in [5.41, 5.74) is 2.35. The predicted octanol–water partition coefficient (Wildman–Crippen LogP) is 3.64. The maximum Gasteiger partial charge on any atom is 0.236 e. The zero-order chi connectivity index (χ0) is 24.7. The Morgan fingerprint density at radius 1 is 1.03 bits per heavy atom. The van der Waals surface area contributed by atoms with Crippen molar-refractivity contribution >= 4 is 23.2 Å². The smallest absolute Gasteiger partial charge is 0.236 e. The van der Waals surface area contributed by atoms with E-state index in [2.05, 4.69) is 27.8 Å². The number of piperidine rings is 1. The van der Waals surface area contributed by atoms with Crippen LogP contribution < -0.4 is 4.74 Å². The van der Waals surface area contributed by atoms with E-state index >= 15 is 0 Å². The van der Waals surface area contributed by atoms with Crippen molar-refractivity contribution in [1.29, 1.82) is 0 Å². The topological polar surface area (TPSA) is 62.3 Å². The van der Waals surface area contributed by atoms with Gasteiger partial charge in [-0.05, 0) is 59.6 Å². The van der Waals surface area contributed by atoms with Crippen LogP contribution in [0.5, 0.6) is 5.75 Å². The van der Waals surface area contributed by atoms with Gasteiger partial charge < -0.3 is 19.3 Å². The minimum absolute atomic E-state index is 0.186. The summed E-state index contributed by atoms with van der Waals surface area (Å²) >= 11 is 1.69. The number of ether oxygens (including phenoxy) is 2. The molecular weight excluding hydrogens is 474 g/mol. The molecule has 0 spiro atoms. The summed E-state index contributed by atoms with van der Waals surface area (Å²) in [6, 6.07) is 10.3. The molecule has 3 aliphatic rings. The van der Waals surface area contributed by atoms with Crippen LogP contribution in [0.15, 0.2) is 41.1 Å². The van der Waals surface area contributed by atoms with E-state index in [4.69, 9.17) is 9.47 Å². The Morgan fingerprint density at radius 3 is 2.72 bits per heavy atom. The number of fused-ring (bicyclic) bond motifs is 3. The molecule has 0 saturated carbocycles. The monoisotopic (exact) mass is 511 g/mol. The average molecular weight is 512 g/mol. The Bertz CT molecular complexity index is 1010. The summed E-state index contributed by atoms with van der Waals surface area (Å²) in [6.07, 6.45) is 3.34. The molecule has 2 aromatic rings. The molecule has 194 valence electrons. The lowest BCUT2D eigenvalue weighted by atomic mass is 9.80. The van der Waals surface area contributed by atoms with Crippen LogP contribution in [0.1, 0.15) is 36.8 Å². The fourth-order valence-electron chi connectivity index (χ4n) is 5.71. The number of carbonyl (C=O) groups is 2. The molecule has 4 heterocycles. The van der Waals surface area contributed by atoms with Gasteiger partial charge in [0.05, 0.1) is 26.4 Å². The molecule has 2 saturated heterocycles. The van der Waals surface area contributed by atoms with E-state index in [0.717, 1.165) is 50.2 Å². The van der Waals surface area contributed by atoms with Gasteiger partial charge in [0.15, 0.2) is 0 Å². The molecule has 1 aromatic carbocycles. The standard InChI is InChI=1S/C28H37N3O4S/c32-27(30-10-13-34-14-11-30)16-23-7-9-31-19-24(23)5-3-12-35-26-6-2-1-4-25(26)18-29(20-28(31)33)17-22-8-15-36-21-22/h1-2,4,6,8,15,21,23-24H,3,5,7,9-14,16-20H2/t23-,24-/m0/s1. The molecule has 8 heteroatoms. The maximum atomic E-state index is 13.5. The van der Waals surface area contributed by atoms with E-state index < -0.39 is 0 Å². The highest BCUT2D eigenvalue weighted by molar-refractivity contribution is 7.07. The quantitative estimate of drug-likeness (QED) is 0.627. The number of hydrogen-bond donors (Lipinski definition) is 0. The second-order valence-corrected chi connectivity index (χ2v) is 11.0. The zero-order valence-electron chi connectivity index (χ0n) is 21.0. The number of amides is 2. The third-order valence-corrected chi connectivity index (χ3v) is 8.47. The highest BCUT2D eigenvalue weighted by atomic mass is 32.1. The number of carbonyl (C=O) groups excluding carboxylic acids is 2. The number of para-hydroxylation sites is 1. The molecule has 2 bridgehead atoms. The number of rotatable bonds is 4.